The molecule has 0 unspecified atom stereocenters. The molecule has 1 heterocycles. The van der Waals surface area contributed by atoms with Gasteiger partial charge < -0.3 is 5.32 Å². The second-order valence-electron chi connectivity index (χ2n) is 5.10. The minimum atomic E-state index is -0.487. The van der Waals surface area contributed by atoms with Gasteiger partial charge in [-0.25, -0.2) is 0 Å². The Balaban J connectivity index is 1.94. The molecule has 3 aromatic rings. The molecule has 0 aliphatic heterocycles. The lowest BCUT2D eigenvalue weighted by molar-refractivity contribution is -0.385. The minimum absolute atomic E-state index is 0.0537. The molecule has 0 spiro atoms. The Hall–Kier alpha value is -2.15. The molecule has 24 heavy (non-hydrogen) atoms. The third kappa shape index (κ3) is 3.08. The lowest BCUT2D eigenvalue weighted by atomic mass is 10.2. The van der Waals surface area contributed by atoms with Crippen molar-refractivity contribution in [1.82, 2.24) is 0 Å². The maximum absolute atomic E-state index is 12.5. The molecule has 0 saturated carbocycles. The second-order valence-corrected chi connectivity index (χ2v) is 6.96. The molecule has 8 heteroatoms. The Labute approximate surface area is 151 Å². The summed E-state index contributed by atoms with van der Waals surface area (Å²) in [7, 11) is 0. The highest BCUT2D eigenvalue weighted by molar-refractivity contribution is 7.21. The number of carbonyl (C=O) groups excluding carboxylic acids is 1. The van der Waals surface area contributed by atoms with Crippen molar-refractivity contribution in [3.05, 3.63) is 67.0 Å². The summed E-state index contributed by atoms with van der Waals surface area (Å²) in [5.74, 6) is -0.421. The van der Waals surface area contributed by atoms with E-state index < -0.39 is 10.8 Å². The molecule has 0 bridgehead atoms. The van der Waals surface area contributed by atoms with Crippen LogP contribution in [0.25, 0.3) is 10.1 Å². The number of benzene rings is 2. The molecular formula is C16H10Cl2N2O3S. The number of amides is 1. The number of hydrogen-bond donors (Lipinski definition) is 1. The van der Waals surface area contributed by atoms with Gasteiger partial charge in [0.25, 0.3) is 11.6 Å². The summed E-state index contributed by atoms with van der Waals surface area (Å²) in [5, 5.41) is 15.3. The summed E-state index contributed by atoms with van der Waals surface area (Å²) >= 11 is 13.4. The normalized spacial score (nSPS) is 10.8. The van der Waals surface area contributed by atoms with Crippen molar-refractivity contribution in [3.63, 3.8) is 0 Å². The van der Waals surface area contributed by atoms with Crippen molar-refractivity contribution >= 4 is 61.9 Å². The average Bonchev–Trinajstić information content (AvgIpc) is 2.85. The van der Waals surface area contributed by atoms with Crippen molar-refractivity contribution in [2.45, 2.75) is 6.92 Å². The number of nitro groups is 1. The van der Waals surface area contributed by atoms with Crippen molar-refractivity contribution in [3.8, 4) is 0 Å². The number of hydrogen-bond acceptors (Lipinski definition) is 4. The highest BCUT2D eigenvalue weighted by atomic mass is 35.5. The lowest BCUT2D eigenvalue weighted by Gasteiger charge is -2.05. The summed E-state index contributed by atoms with van der Waals surface area (Å²) in [6.07, 6.45) is 0. The van der Waals surface area contributed by atoms with Crippen molar-refractivity contribution in [1.29, 1.82) is 0 Å². The van der Waals surface area contributed by atoms with E-state index in [1.165, 1.54) is 17.4 Å². The van der Waals surface area contributed by atoms with Crippen LogP contribution in [0.1, 0.15) is 15.2 Å². The number of aryl methyl sites for hydroxylation is 1. The molecule has 0 aliphatic carbocycles. The molecule has 0 aliphatic rings. The van der Waals surface area contributed by atoms with Crippen LogP contribution in [0.2, 0.25) is 10.0 Å². The zero-order valence-corrected chi connectivity index (χ0v) is 14.6. The van der Waals surface area contributed by atoms with Gasteiger partial charge in [0.1, 0.15) is 4.88 Å². The van der Waals surface area contributed by atoms with E-state index in [-0.39, 0.29) is 5.69 Å². The van der Waals surface area contributed by atoms with Crippen molar-refractivity contribution in [2.24, 2.45) is 0 Å². The Bertz CT molecular complexity index is 985. The summed E-state index contributed by atoms with van der Waals surface area (Å²) < 4.78 is 0.799. The molecule has 1 aromatic heterocycles. The van der Waals surface area contributed by atoms with Crippen LogP contribution in [0, 0.1) is 17.0 Å². The molecule has 3 rings (SSSR count). The fourth-order valence-electron chi connectivity index (χ4n) is 2.26. The van der Waals surface area contributed by atoms with Crippen LogP contribution in [-0.4, -0.2) is 10.8 Å². The van der Waals surface area contributed by atoms with E-state index in [0.717, 1.165) is 10.1 Å². The van der Waals surface area contributed by atoms with Gasteiger partial charge in [0.15, 0.2) is 0 Å². The zero-order chi connectivity index (χ0) is 17.4. The molecule has 0 fully saturated rings. The van der Waals surface area contributed by atoms with Crippen LogP contribution in [0.4, 0.5) is 11.4 Å². The fourth-order valence-corrected chi connectivity index (χ4v) is 3.95. The summed E-state index contributed by atoms with van der Waals surface area (Å²) in [6.45, 7) is 1.64. The first kappa shape index (κ1) is 16.7. The van der Waals surface area contributed by atoms with Crippen molar-refractivity contribution < 1.29 is 9.72 Å². The van der Waals surface area contributed by atoms with Crippen molar-refractivity contribution in [2.75, 3.05) is 5.32 Å². The third-order valence-corrected chi connectivity index (χ3v) is 5.35. The molecule has 1 amide bonds. The van der Waals surface area contributed by atoms with Gasteiger partial charge in [0.05, 0.1) is 9.95 Å². The maximum Gasteiger partial charge on any atom is 0.274 e. The number of nitro benzene ring substituents is 1. The molecule has 2 aromatic carbocycles. The Kier molecular flexibility index (Phi) is 4.45. The molecule has 5 nitrogen and oxygen atoms in total. The lowest BCUT2D eigenvalue weighted by Crippen LogP contribution is -2.11. The SMILES string of the molecule is Cc1ccc(NC(=O)c2sc3cc(Cl)ccc3c2Cl)cc1[N+](=O)[O-]. The van der Waals surface area contributed by atoms with Gasteiger partial charge in [0, 0.05) is 32.4 Å². The van der Waals surface area contributed by atoms with E-state index in [4.69, 9.17) is 23.2 Å². The molecular weight excluding hydrogens is 371 g/mol. The zero-order valence-electron chi connectivity index (χ0n) is 12.3. The number of nitrogens with one attached hydrogen (secondary N) is 1. The first-order valence-corrected chi connectivity index (χ1v) is 8.38. The molecule has 1 N–H and O–H groups in total. The fraction of sp³-hybridized carbons (Fsp3) is 0.0625. The van der Waals surface area contributed by atoms with Gasteiger partial charge in [-0.15, -0.1) is 11.3 Å². The maximum atomic E-state index is 12.5. The number of rotatable bonds is 3. The standard InChI is InChI=1S/C16H10Cl2N2O3S/c1-8-2-4-10(7-12(8)20(22)23)19-16(21)15-14(18)11-5-3-9(17)6-13(11)24-15/h2-7H,1H3,(H,19,21). The highest BCUT2D eigenvalue weighted by Crippen LogP contribution is 2.37. The van der Waals surface area contributed by atoms with Gasteiger partial charge in [-0.3, -0.25) is 14.9 Å². The monoisotopic (exact) mass is 380 g/mol. The van der Waals surface area contributed by atoms with Crippen LogP contribution in [0.3, 0.4) is 0 Å². The summed E-state index contributed by atoms with van der Waals surface area (Å²) in [5.41, 5.74) is 0.804. The van der Waals surface area contributed by atoms with E-state index in [9.17, 15) is 14.9 Å². The molecule has 0 saturated heterocycles. The van der Waals surface area contributed by atoms with E-state index in [0.29, 0.717) is 26.2 Å². The smallest absolute Gasteiger partial charge is 0.274 e. The van der Waals surface area contributed by atoms with E-state index in [1.807, 2.05) is 0 Å². The van der Waals surface area contributed by atoms with Crippen LogP contribution >= 0.6 is 34.5 Å². The van der Waals surface area contributed by atoms with Crippen LogP contribution in [0.5, 0.6) is 0 Å². The predicted octanol–water partition coefficient (Wildman–Crippen LogP) is 5.68. The number of thiophene rings is 1. The molecule has 0 radical (unpaired) electrons. The summed E-state index contributed by atoms with van der Waals surface area (Å²) in [6, 6.07) is 9.71. The van der Waals surface area contributed by atoms with E-state index in [2.05, 4.69) is 5.32 Å². The third-order valence-electron chi connectivity index (χ3n) is 3.46. The minimum Gasteiger partial charge on any atom is -0.321 e. The Morgan fingerprint density at radius 3 is 2.67 bits per heavy atom. The first-order chi connectivity index (χ1) is 11.4. The number of carbonyl (C=O) groups is 1. The van der Waals surface area contributed by atoms with Gasteiger partial charge in [0.2, 0.25) is 0 Å². The van der Waals surface area contributed by atoms with Gasteiger partial charge in [-0.05, 0) is 25.1 Å². The first-order valence-electron chi connectivity index (χ1n) is 6.81. The number of fused-ring (bicyclic) bond motifs is 1. The highest BCUT2D eigenvalue weighted by Gasteiger charge is 2.19. The topological polar surface area (TPSA) is 72.2 Å². The van der Waals surface area contributed by atoms with E-state index >= 15 is 0 Å². The summed E-state index contributed by atoms with van der Waals surface area (Å²) in [4.78, 5) is 23.3. The van der Waals surface area contributed by atoms with Gasteiger partial charge >= 0.3 is 0 Å². The number of anilines is 1. The molecule has 0 atom stereocenters. The van der Waals surface area contributed by atoms with Crippen LogP contribution < -0.4 is 5.32 Å². The van der Waals surface area contributed by atoms with Gasteiger partial charge in [-0.2, -0.15) is 0 Å². The average molecular weight is 381 g/mol. The molecule has 122 valence electrons. The Morgan fingerprint density at radius 2 is 1.96 bits per heavy atom. The number of nitrogens with zero attached hydrogens (tertiary/aromatic N) is 1. The van der Waals surface area contributed by atoms with Gasteiger partial charge in [-0.1, -0.05) is 35.3 Å². The van der Waals surface area contributed by atoms with Crippen LogP contribution in [-0.2, 0) is 0 Å². The van der Waals surface area contributed by atoms with Crippen LogP contribution in [0.15, 0.2) is 36.4 Å². The second kappa shape index (κ2) is 6.39. The number of halogens is 2. The van der Waals surface area contributed by atoms with E-state index in [1.54, 1.807) is 37.3 Å². The Morgan fingerprint density at radius 1 is 1.21 bits per heavy atom. The predicted molar refractivity (Wildman–Crippen MR) is 97.6 cm³/mol. The largest absolute Gasteiger partial charge is 0.321 e. The quantitative estimate of drug-likeness (QED) is 0.469.